The summed E-state index contributed by atoms with van der Waals surface area (Å²) in [6, 6.07) is 0. The van der Waals surface area contributed by atoms with Crippen molar-refractivity contribution in [3.63, 3.8) is 0 Å². The molecule has 1 rings (SSSR count). The molecule has 1 N–H and O–H groups in total. The van der Waals surface area contributed by atoms with Crippen LogP contribution in [0.25, 0.3) is 0 Å². The molecule has 4 heteroatoms. The fourth-order valence-electron chi connectivity index (χ4n) is 1.47. The minimum Gasteiger partial charge on any atom is -0.318 e. The second-order valence-electron chi connectivity index (χ2n) is 3.18. The molecule has 1 aliphatic carbocycles. The van der Waals surface area contributed by atoms with Crippen LogP contribution < -0.4 is 5.32 Å². The van der Waals surface area contributed by atoms with Crippen LogP contribution in [0.5, 0.6) is 0 Å². The van der Waals surface area contributed by atoms with E-state index in [1.807, 2.05) is 0 Å². The average Bonchev–Trinajstić information content (AvgIpc) is 1.81. The molecule has 0 radical (unpaired) electrons. The van der Waals surface area contributed by atoms with Gasteiger partial charge in [0, 0.05) is 6.54 Å². The number of ether oxygens (including phenoxy) is 1. The summed E-state index contributed by atoms with van der Waals surface area (Å²) < 4.78 is 28.3. The van der Waals surface area contributed by atoms with Crippen molar-refractivity contribution in [2.75, 3.05) is 13.6 Å². The van der Waals surface area contributed by atoms with Gasteiger partial charge in [-0.05, 0) is 25.8 Å². The van der Waals surface area contributed by atoms with E-state index < -0.39 is 6.61 Å². The van der Waals surface area contributed by atoms with Gasteiger partial charge >= 0.3 is 6.61 Å². The lowest BCUT2D eigenvalue weighted by molar-refractivity contribution is -0.181. The van der Waals surface area contributed by atoms with Gasteiger partial charge in [-0.3, -0.25) is 0 Å². The van der Waals surface area contributed by atoms with Crippen LogP contribution in [0.15, 0.2) is 0 Å². The van der Waals surface area contributed by atoms with Crippen molar-refractivity contribution in [2.24, 2.45) is 5.92 Å². The van der Waals surface area contributed by atoms with Gasteiger partial charge < -0.3 is 10.1 Å². The number of hydrogen-bond acceptors (Lipinski definition) is 2. The molecule has 1 fully saturated rings. The Hall–Kier alpha value is -0.220. The summed E-state index contributed by atoms with van der Waals surface area (Å²) in [6.45, 7) is -2.11. The summed E-state index contributed by atoms with van der Waals surface area (Å²) in [5, 5.41) is 2.86. The number of nitrogens with one attached hydrogen (secondary N) is 1. The van der Waals surface area contributed by atoms with Crippen LogP contribution in [0.1, 0.15) is 19.3 Å². The van der Waals surface area contributed by atoms with Gasteiger partial charge in [-0.15, -0.1) is 0 Å². The zero-order valence-electron chi connectivity index (χ0n) is 7.22. The lowest BCUT2D eigenvalue weighted by Crippen LogP contribution is -2.38. The molecule has 0 bridgehead atoms. The first-order valence-electron chi connectivity index (χ1n) is 4.32. The Morgan fingerprint density at radius 3 is 2.50 bits per heavy atom. The zero-order valence-corrected chi connectivity index (χ0v) is 7.22. The highest BCUT2D eigenvalue weighted by Crippen LogP contribution is 2.31. The van der Waals surface area contributed by atoms with Gasteiger partial charge in [-0.25, -0.2) is 0 Å². The Bertz CT molecular complexity index is 128. The van der Waals surface area contributed by atoms with Crippen LogP contribution in [0, 0.1) is 5.92 Å². The number of rotatable bonds is 5. The Morgan fingerprint density at radius 2 is 2.17 bits per heavy atom. The largest absolute Gasteiger partial charge is 0.345 e. The lowest BCUT2D eigenvalue weighted by Gasteiger charge is -2.33. The minimum absolute atomic E-state index is 0.302. The van der Waals surface area contributed by atoms with Crippen molar-refractivity contribution < 1.29 is 13.5 Å². The van der Waals surface area contributed by atoms with Crippen molar-refractivity contribution in [1.29, 1.82) is 0 Å². The van der Waals surface area contributed by atoms with E-state index >= 15 is 0 Å². The Morgan fingerprint density at radius 1 is 1.50 bits per heavy atom. The summed E-state index contributed by atoms with van der Waals surface area (Å²) in [5.41, 5.74) is 0. The first kappa shape index (κ1) is 9.86. The van der Waals surface area contributed by atoms with E-state index in [0.717, 1.165) is 19.3 Å². The van der Waals surface area contributed by atoms with Crippen molar-refractivity contribution in [3.05, 3.63) is 0 Å². The van der Waals surface area contributed by atoms with E-state index in [9.17, 15) is 8.78 Å². The molecule has 1 saturated carbocycles. The average molecular weight is 179 g/mol. The fraction of sp³-hybridized carbons (Fsp3) is 1.00. The summed E-state index contributed by atoms with van der Waals surface area (Å²) in [6.07, 6.45) is 2.90. The van der Waals surface area contributed by atoms with Gasteiger partial charge in [0.1, 0.15) is 0 Å². The molecule has 1 unspecified atom stereocenters. The number of alkyl halides is 2. The van der Waals surface area contributed by atoms with Gasteiger partial charge in [-0.2, -0.15) is 8.78 Å². The van der Waals surface area contributed by atoms with E-state index in [1.54, 1.807) is 7.05 Å². The predicted molar refractivity (Wildman–Crippen MR) is 42.1 cm³/mol. The predicted octanol–water partition coefficient (Wildman–Crippen LogP) is 1.61. The molecule has 0 aliphatic heterocycles. The van der Waals surface area contributed by atoms with Gasteiger partial charge in [0.05, 0.1) is 6.10 Å². The topological polar surface area (TPSA) is 21.3 Å². The van der Waals surface area contributed by atoms with E-state index in [-0.39, 0.29) is 6.10 Å². The highest BCUT2D eigenvalue weighted by molar-refractivity contribution is 4.79. The quantitative estimate of drug-likeness (QED) is 0.692. The maximum atomic E-state index is 11.9. The van der Waals surface area contributed by atoms with Gasteiger partial charge in [0.2, 0.25) is 0 Å². The standard InChI is InChI=1S/C8H15F2NO/c1-11-5-7(12-8(9)10)6-3-2-4-6/h6-8,11H,2-5H2,1H3. The monoisotopic (exact) mass is 179 g/mol. The van der Waals surface area contributed by atoms with Crippen molar-refractivity contribution in [2.45, 2.75) is 32.0 Å². The second kappa shape index (κ2) is 4.72. The number of halogens is 2. The molecule has 0 spiro atoms. The first-order valence-corrected chi connectivity index (χ1v) is 4.32. The Labute approximate surface area is 71.3 Å². The highest BCUT2D eigenvalue weighted by atomic mass is 19.3. The highest BCUT2D eigenvalue weighted by Gasteiger charge is 2.29. The normalized spacial score (nSPS) is 21.0. The van der Waals surface area contributed by atoms with Crippen molar-refractivity contribution in [3.8, 4) is 0 Å². The van der Waals surface area contributed by atoms with Crippen LogP contribution >= 0.6 is 0 Å². The Balaban J connectivity index is 2.26. The molecule has 2 nitrogen and oxygen atoms in total. The Kier molecular flexibility index (Phi) is 3.88. The second-order valence-corrected chi connectivity index (χ2v) is 3.18. The van der Waals surface area contributed by atoms with Gasteiger partial charge in [0.25, 0.3) is 0 Å². The third kappa shape index (κ3) is 2.68. The van der Waals surface area contributed by atoms with Crippen molar-refractivity contribution in [1.82, 2.24) is 5.32 Å². The SMILES string of the molecule is CNCC(OC(F)F)C1CCC1. The fourth-order valence-corrected chi connectivity index (χ4v) is 1.47. The summed E-state index contributed by atoms with van der Waals surface area (Å²) in [4.78, 5) is 0. The molecule has 1 atom stereocenters. The van der Waals surface area contributed by atoms with Gasteiger partial charge in [-0.1, -0.05) is 6.42 Å². The van der Waals surface area contributed by atoms with E-state index in [0.29, 0.717) is 12.5 Å². The third-order valence-corrected chi connectivity index (χ3v) is 2.36. The van der Waals surface area contributed by atoms with Crippen LogP contribution in [-0.4, -0.2) is 26.3 Å². The molecule has 0 aromatic rings. The third-order valence-electron chi connectivity index (χ3n) is 2.36. The van der Waals surface area contributed by atoms with E-state index in [4.69, 9.17) is 0 Å². The molecule has 1 aliphatic rings. The summed E-state index contributed by atoms with van der Waals surface area (Å²) in [7, 11) is 1.75. The smallest absolute Gasteiger partial charge is 0.318 e. The van der Waals surface area contributed by atoms with E-state index in [2.05, 4.69) is 10.1 Å². The summed E-state index contributed by atoms with van der Waals surface area (Å²) in [5.74, 6) is 0.339. The maximum absolute atomic E-state index is 11.9. The molecule has 0 aromatic carbocycles. The van der Waals surface area contributed by atoms with Crippen LogP contribution in [0.3, 0.4) is 0 Å². The number of likely N-dealkylation sites (N-methyl/N-ethyl adjacent to an activating group) is 1. The molecule has 0 saturated heterocycles. The maximum Gasteiger partial charge on any atom is 0.345 e. The molecule has 12 heavy (non-hydrogen) atoms. The van der Waals surface area contributed by atoms with Crippen LogP contribution in [0.4, 0.5) is 8.78 Å². The van der Waals surface area contributed by atoms with Crippen LogP contribution in [-0.2, 0) is 4.74 Å². The summed E-state index contributed by atoms with van der Waals surface area (Å²) >= 11 is 0. The van der Waals surface area contributed by atoms with Crippen molar-refractivity contribution >= 4 is 0 Å². The lowest BCUT2D eigenvalue weighted by atomic mass is 9.81. The molecule has 0 amide bonds. The number of hydrogen-bond donors (Lipinski definition) is 1. The zero-order chi connectivity index (χ0) is 8.97. The van der Waals surface area contributed by atoms with Crippen LogP contribution in [0.2, 0.25) is 0 Å². The molecule has 0 heterocycles. The molecular formula is C8H15F2NO. The molecule has 0 aromatic heterocycles. The van der Waals surface area contributed by atoms with Gasteiger partial charge in [0.15, 0.2) is 0 Å². The molecule has 72 valence electrons. The minimum atomic E-state index is -2.64. The first-order chi connectivity index (χ1) is 5.74. The molecular weight excluding hydrogens is 164 g/mol. The van der Waals surface area contributed by atoms with E-state index in [1.165, 1.54) is 0 Å².